The van der Waals surface area contributed by atoms with Crippen molar-refractivity contribution in [3.05, 3.63) is 0 Å². The van der Waals surface area contributed by atoms with Gasteiger partial charge in [0.05, 0.1) is 18.8 Å². The van der Waals surface area contributed by atoms with Crippen LogP contribution in [0.5, 0.6) is 0 Å². The van der Waals surface area contributed by atoms with Gasteiger partial charge in [-0.05, 0) is 13.8 Å². The maximum atomic E-state index is 12.1. The standard InChI is InChI=1S/C13H22N2O3/c1-10-7-14(8-11(2)18-10)9-13(17)15-5-3-12(16)4-6-15/h10-11H,3-9H2,1-2H3/t10-,11+. The van der Waals surface area contributed by atoms with Crippen LogP contribution in [0, 0.1) is 0 Å². The average Bonchev–Trinajstić information content (AvgIpc) is 2.28. The van der Waals surface area contributed by atoms with Crippen LogP contribution in [-0.4, -0.2) is 66.4 Å². The molecule has 0 aromatic carbocycles. The fraction of sp³-hybridized carbons (Fsp3) is 0.846. The third-order valence-electron chi connectivity index (χ3n) is 3.53. The molecule has 0 aromatic rings. The molecule has 2 rings (SSSR count). The highest BCUT2D eigenvalue weighted by atomic mass is 16.5. The molecule has 2 atom stereocenters. The van der Waals surface area contributed by atoms with Crippen molar-refractivity contribution in [2.45, 2.75) is 38.9 Å². The smallest absolute Gasteiger partial charge is 0.236 e. The van der Waals surface area contributed by atoms with Gasteiger partial charge >= 0.3 is 0 Å². The molecule has 18 heavy (non-hydrogen) atoms. The maximum absolute atomic E-state index is 12.1. The topological polar surface area (TPSA) is 49.9 Å². The van der Waals surface area contributed by atoms with E-state index in [1.54, 1.807) is 0 Å². The van der Waals surface area contributed by atoms with Crippen molar-refractivity contribution >= 4 is 11.7 Å². The van der Waals surface area contributed by atoms with Crippen molar-refractivity contribution in [3.8, 4) is 0 Å². The van der Waals surface area contributed by atoms with E-state index in [-0.39, 0.29) is 23.9 Å². The Morgan fingerprint density at radius 3 is 2.33 bits per heavy atom. The van der Waals surface area contributed by atoms with Crippen LogP contribution >= 0.6 is 0 Å². The fourth-order valence-electron chi connectivity index (χ4n) is 2.71. The van der Waals surface area contributed by atoms with E-state index in [2.05, 4.69) is 4.90 Å². The summed E-state index contributed by atoms with van der Waals surface area (Å²) in [5.41, 5.74) is 0. The first kappa shape index (κ1) is 13.5. The minimum Gasteiger partial charge on any atom is -0.373 e. The number of ether oxygens (including phenoxy) is 1. The zero-order valence-electron chi connectivity index (χ0n) is 11.2. The SMILES string of the molecule is C[C@@H]1CN(CC(=O)N2CCC(=O)CC2)C[C@H](C)O1. The van der Waals surface area contributed by atoms with Gasteiger partial charge < -0.3 is 9.64 Å². The summed E-state index contributed by atoms with van der Waals surface area (Å²) in [6, 6.07) is 0. The minimum atomic E-state index is 0.142. The molecule has 2 aliphatic rings. The molecule has 2 saturated heterocycles. The molecular formula is C13H22N2O3. The Morgan fingerprint density at radius 2 is 1.78 bits per heavy atom. The van der Waals surface area contributed by atoms with E-state index >= 15 is 0 Å². The number of piperidine rings is 1. The fourth-order valence-corrected chi connectivity index (χ4v) is 2.71. The Kier molecular flexibility index (Phi) is 4.35. The van der Waals surface area contributed by atoms with Crippen LogP contribution in [-0.2, 0) is 14.3 Å². The Labute approximate surface area is 108 Å². The molecule has 0 bridgehead atoms. The van der Waals surface area contributed by atoms with Crippen molar-refractivity contribution < 1.29 is 14.3 Å². The molecule has 0 N–H and O–H groups in total. The van der Waals surface area contributed by atoms with Crippen molar-refractivity contribution in [2.24, 2.45) is 0 Å². The third kappa shape index (κ3) is 3.53. The Hall–Kier alpha value is -0.940. The van der Waals surface area contributed by atoms with Crippen LogP contribution in [0.1, 0.15) is 26.7 Å². The first-order valence-electron chi connectivity index (χ1n) is 6.72. The van der Waals surface area contributed by atoms with Gasteiger partial charge in [-0.25, -0.2) is 0 Å². The largest absolute Gasteiger partial charge is 0.373 e. The van der Waals surface area contributed by atoms with Crippen molar-refractivity contribution in [1.29, 1.82) is 0 Å². The molecule has 2 aliphatic heterocycles. The summed E-state index contributed by atoms with van der Waals surface area (Å²) in [4.78, 5) is 27.2. The highest BCUT2D eigenvalue weighted by Gasteiger charge is 2.27. The van der Waals surface area contributed by atoms with E-state index in [1.807, 2.05) is 18.7 Å². The zero-order chi connectivity index (χ0) is 13.1. The number of carbonyl (C=O) groups excluding carboxylic acids is 2. The third-order valence-corrected chi connectivity index (χ3v) is 3.53. The summed E-state index contributed by atoms with van der Waals surface area (Å²) < 4.78 is 5.65. The predicted octanol–water partition coefficient (Wildman–Crippen LogP) is 0.287. The summed E-state index contributed by atoms with van der Waals surface area (Å²) in [7, 11) is 0. The van der Waals surface area contributed by atoms with Crippen molar-refractivity contribution in [1.82, 2.24) is 9.80 Å². The molecule has 2 heterocycles. The number of hydrogen-bond donors (Lipinski definition) is 0. The second kappa shape index (κ2) is 5.80. The number of rotatable bonds is 2. The Balaban J connectivity index is 1.81. The van der Waals surface area contributed by atoms with Gasteiger partial charge in [-0.1, -0.05) is 0 Å². The maximum Gasteiger partial charge on any atom is 0.236 e. The molecule has 0 radical (unpaired) electrons. The van der Waals surface area contributed by atoms with Gasteiger partial charge in [-0.15, -0.1) is 0 Å². The lowest BCUT2D eigenvalue weighted by Crippen LogP contribution is -2.50. The number of morpholine rings is 1. The molecule has 0 aromatic heterocycles. The van der Waals surface area contributed by atoms with Gasteiger partial charge in [0, 0.05) is 39.0 Å². The summed E-state index contributed by atoms with van der Waals surface area (Å²) in [5, 5.41) is 0. The normalized spacial score (nSPS) is 30.6. The number of carbonyl (C=O) groups is 2. The number of likely N-dealkylation sites (tertiary alicyclic amines) is 1. The molecule has 0 saturated carbocycles. The van der Waals surface area contributed by atoms with Crippen LogP contribution in [0.3, 0.4) is 0 Å². The van der Waals surface area contributed by atoms with Gasteiger partial charge in [0.1, 0.15) is 5.78 Å². The van der Waals surface area contributed by atoms with Crippen LogP contribution in [0.15, 0.2) is 0 Å². The van der Waals surface area contributed by atoms with Crippen LogP contribution in [0.4, 0.5) is 0 Å². The number of hydrogen-bond acceptors (Lipinski definition) is 4. The van der Waals surface area contributed by atoms with E-state index in [4.69, 9.17) is 4.74 Å². The van der Waals surface area contributed by atoms with Crippen molar-refractivity contribution in [3.63, 3.8) is 0 Å². The molecular weight excluding hydrogens is 232 g/mol. The molecule has 0 aliphatic carbocycles. The molecule has 0 spiro atoms. The van der Waals surface area contributed by atoms with Gasteiger partial charge in [-0.2, -0.15) is 0 Å². The second-order valence-electron chi connectivity index (χ2n) is 5.37. The van der Waals surface area contributed by atoms with Crippen LogP contribution < -0.4 is 0 Å². The average molecular weight is 254 g/mol. The summed E-state index contributed by atoms with van der Waals surface area (Å²) >= 11 is 0. The highest BCUT2D eigenvalue weighted by Crippen LogP contribution is 2.12. The quantitative estimate of drug-likeness (QED) is 0.710. The summed E-state index contributed by atoms with van der Waals surface area (Å²) in [6.07, 6.45) is 1.40. The van der Waals surface area contributed by atoms with Gasteiger partial charge in [0.2, 0.25) is 5.91 Å². The van der Waals surface area contributed by atoms with Gasteiger partial charge in [0.25, 0.3) is 0 Å². The zero-order valence-corrected chi connectivity index (χ0v) is 11.2. The summed E-state index contributed by atoms with van der Waals surface area (Å²) in [6.45, 7) is 7.32. The number of ketones is 1. The molecule has 2 fully saturated rings. The van der Waals surface area contributed by atoms with E-state index in [9.17, 15) is 9.59 Å². The van der Waals surface area contributed by atoms with Crippen molar-refractivity contribution in [2.75, 3.05) is 32.7 Å². The first-order chi connectivity index (χ1) is 8.54. The van der Waals surface area contributed by atoms with E-state index in [0.29, 0.717) is 32.5 Å². The van der Waals surface area contributed by atoms with Crippen LogP contribution in [0.25, 0.3) is 0 Å². The molecule has 5 heteroatoms. The molecule has 1 amide bonds. The first-order valence-corrected chi connectivity index (χ1v) is 6.72. The lowest BCUT2D eigenvalue weighted by molar-refractivity contribution is -0.138. The van der Waals surface area contributed by atoms with Gasteiger partial charge in [-0.3, -0.25) is 14.5 Å². The van der Waals surface area contributed by atoms with E-state index < -0.39 is 0 Å². The van der Waals surface area contributed by atoms with E-state index in [0.717, 1.165) is 13.1 Å². The number of Topliss-reactive ketones (excluding diaryl/α,β-unsaturated/α-hetero) is 1. The molecule has 5 nitrogen and oxygen atoms in total. The van der Waals surface area contributed by atoms with Gasteiger partial charge in [0.15, 0.2) is 0 Å². The van der Waals surface area contributed by atoms with E-state index in [1.165, 1.54) is 0 Å². The minimum absolute atomic E-state index is 0.142. The lowest BCUT2D eigenvalue weighted by atomic mass is 10.1. The second-order valence-corrected chi connectivity index (χ2v) is 5.37. The Morgan fingerprint density at radius 1 is 1.22 bits per heavy atom. The highest BCUT2D eigenvalue weighted by molar-refractivity contribution is 5.84. The predicted molar refractivity (Wildman–Crippen MR) is 67.3 cm³/mol. The summed E-state index contributed by atoms with van der Waals surface area (Å²) in [5.74, 6) is 0.413. The monoisotopic (exact) mass is 254 g/mol. The Bertz CT molecular complexity index is 312. The molecule has 0 unspecified atom stereocenters. The number of amides is 1. The lowest BCUT2D eigenvalue weighted by Gasteiger charge is -2.36. The number of nitrogens with zero attached hydrogens (tertiary/aromatic N) is 2. The van der Waals surface area contributed by atoms with Crippen LogP contribution in [0.2, 0.25) is 0 Å². The molecule has 102 valence electrons.